The highest BCUT2D eigenvalue weighted by molar-refractivity contribution is 8.14. The van der Waals surface area contributed by atoms with Gasteiger partial charge in [-0.2, -0.15) is 0 Å². The maximum absolute atomic E-state index is 5.97. The van der Waals surface area contributed by atoms with Crippen molar-refractivity contribution in [3.8, 4) is 0 Å². The van der Waals surface area contributed by atoms with E-state index in [2.05, 4.69) is 18.3 Å². The summed E-state index contributed by atoms with van der Waals surface area (Å²) in [5, 5.41) is 4.78. The molecule has 3 rings (SSSR count). The number of aliphatic imine (C=N–C) groups is 1. The van der Waals surface area contributed by atoms with E-state index in [0.29, 0.717) is 5.54 Å². The highest BCUT2D eigenvalue weighted by Gasteiger charge is 2.39. The van der Waals surface area contributed by atoms with Crippen molar-refractivity contribution in [2.24, 2.45) is 4.99 Å². The SMILES string of the molecule is CC(N=C1NC2(CCCC2)CS1)c1ccc(Cl)s1. The molecule has 0 bridgehead atoms. The number of hydrogen-bond donors (Lipinski definition) is 1. The van der Waals surface area contributed by atoms with Gasteiger partial charge in [-0.25, -0.2) is 0 Å². The van der Waals surface area contributed by atoms with Gasteiger partial charge in [-0.3, -0.25) is 4.99 Å². The summed E-state index contributed by atoms with van der Waals surface area (Å²) < 4.78 is 0.844. The van der Waals surface area contributed by atoms with Crippen LogP contribution in [0, 0.1) is 0 Å². The minimum atomic E-state index is 0.203. The van der Waals surface area contributed by atoms with E-state index >= 15 is 0 Å². The molecule has 1 atom stereocenters. The van der Waals surface area contributed by atoms with E-state index in [0.717, 1.165) is 9.50 Å². The quantitative estimate of drug-likeness (QED) is 0.871. The van der Waals surface area contributed by atoms with Crippen LogP contribution in [-0.2, 0) is 0 Å². The Morgan fingerprint density at radius 3 is 2.83 bits per heavy atom. The molecule has 2 nitrogen and oxygen atoms in total. The second-order valence-electron chi connectivity index (χ2n) is 5.15. The van der Waals surface area contributed by atoms with Gasteiger partial charge in [0, 0.05) is 16.2 Å². The summed E-state index contributed by atoms with van der Waals surface area (Å²) in [6, 6.07) is 4.23. The van der Waals surface area contributed by atoms with E-state index in [1.807, 2.05) is 17.8 Å². The molecule has 0 amide bonds. The highest BCUT2D eigenvalue weighted by atomic mass is 35.5. The van der Waals surface area contributed by atoms with Gasteiger partial charge in [0.05, 0.1) is 10.4 Å². The molecule has 1 spiro atoms. The number of rotatable bonds is 2. The largest absolute Gasteiger partial charge is 0.359 e. The molecular formula is C13H17ClN2S2. The topological polar surface area (TPSA) is 24.4 Å². The van der Waals surface area contributed by atoms with Gasteiger partial charge in [0.1, 0.15) is 0 Å². The lowest BCUT2D eigenvalue weighted by atomic mass is 10.0. The predicted molar refractivity (Wildman–Crippen MR) is 82.0 cm³/mol. The van der Waals surface area contributed by atoms with Gasteiger partial charge in [-0.05, 0) is 31.9 Å². The average Bonchev–Trinajstić information content (AvgIpc) is 3.03. The summed E-state index contributed by atoms with van der Waals surface area (Å²) in [7, 11) is 0. The van der Waals surface area contributed by atoms with Crippen molar-refractivity contribution in [2.45, 2.75) is 44.2 Å². The first kappa shape index (κ1) is 12.8. The van der Waals surface area contributed by atoms with Gasteiger partial charge < -0.3 is 5.32 Å². The van der Waals surface area contributed by atoms with Crippen molar-refractivity contribution in [3.63, 3.8) is 0 Å². The summed E-state index contributed by atoms with van der Waals surface area (Å²) in [4.78, 5) is 6.04. The van der Waals surface area contributed by atoms with Crippen molar-refractivity contribution in [2.75, 3.05) is 5.75 Å². The second kappa shape index (κ2) is 5.06. The number of nitrogens with one attached hydrogen (secondary N) is 1. The minimum Gasteiger partial charge on any atom is -0.359 e. The van der Waals surface area contributed by atoms with E-state index in [-0.39, 0.29) is 6.04 Å². The van der Waals surface area contributed by atoms with Crippen LogP contribution in [0.25, 0.3) is 0 Å². The molecule has 5 heteroatoms. The first-order chi connectivity index (χ1) is 8.67. The van der Waals surface area contributed by atoms with Crippen LogP contribution in [-0.4, -0.2) is 16.5 Å². The monoisotopic (exact) mass is 300 g/mol. The van der Waals surface area contributed by atoms with Crippen molar-refractivity contribution in [1.29, 1.82) is 0 Å². The summed E-state index contributed by atoms with van der Waals surface area (Å²) in [5.74, 6) is 1.18. The lowest BCUT2D eigenvalue weighted by molar-refractivity contribution is 0.452. The van der Waals surface area contributed by atoms with E-state index in [1.165, 1.54) is 36.3 Å². The van der Waals surface area contributed by atoms with Crippen molar-refractivity contribution >= 4 is 39.9 Å². The first-order valence-corrected chi connectivity index (χ1v) is 8.59. The van der Waals surface area contributed by atoms with Crippen LogP contribution in [0.15, 0.2) is 17.1 Å². The molecule has 1 saturated heterocycles. The van der Waals surface area contributed by atoms with E-state index in [9.17, 15) is 0 Å². The maximum Gasteiger partial charge on any atom is 0.157 e. The highest BCUT2D eigenvalue weighted by Crippen LogP contribution is 2.38. The van der Waals surface area contributed by atoms with Crippen LogP contribution in [0.4, 0.5) is 0 Å². The molecule has 1 saturated carbocycles. The molecule has 1 aliphatic carbocycles. The Labute approximate surface area is 121 Å². The zero-order valence-electron chi connectivity index (χ0n) is 10.4. The van der Waals surface area contributed by atoms with Crippen LogP contribution in [0.1, 0.15) is 43.5 Å². The number of thioether (sulfide) groups is 1. The fraction of sp³-hybridized carbons (Fsp3) is 0.615. The van der Waals surface area contributed by atoms with Crippen molar-refractivity contribution in [1.82, 2.24) is 5.32 Å². The predicted octanol–water partition coefficient (Wildman–Crippen LogP) is 4.47. The number of halogens is 1. The van der Waals surface area contributed by atoms with Crippen molar-refractivity contribution < 1.29 is 0 Å². The number of amidine groups is 1. The zero-order valence-corrected chi connectivity index (χ0v) is 12.8. The van der Waals surface area contributed by atoms with Crippen LogP contribution in [0.5, 0.6) is 0 Å². The smallest absolute Gasteiger partial charge is 0.157 e. The molecule has 1 aromatic heterocycles. The summed E-state index contributed by atoms with van der Waals surface area (Å²) in [6.45, 7) is 2.14. The zero-order chi connectivity index (χ0) is 12.6. The first-order valence-electron chi connectivity index (χ1n) is 6.41. The fourth-order valence-electron chi connectivity index (χ4n) is 2.69. The number of nitrogens with zero attached hydrogens (tertiary/aromatic N) is 1. The van der Waals surface area contributed by atoms with Gasteiger partial charge >= 0.3 is 0 Å². The Bertz CT molecular complexity index is 463. The van der Waals surface area contributed by atoms with Gasteiger partial charge in [0.25, 0.3) is 0 Å². The van der Waals surface area contributed by atoms with Crippen LogP contribution in [0.2, 0.25) is 4.34 Å². The molecule has 18 heavy (non-hydrogen) atoms. The average molecular weight is 301 g/mol. The third-order valence-electron chi connectivity index (χ3n) is 3.73. The molecule has 2 heterocycles. The second-order valence-corrected chi connectivity index (χ2v) is 7.86. The lowest BCUT2D eigenvalue weighted by Gasteiger charge is -2.22. The van der Waals surface area contributed by atoms with Crippen LogP contribution in [0.3, 0.4) is 0 Å². The maximum atomic E-state index is 5.97. The molecule has 98 valence electrons. The van der Waals surface area contributed by atoms with E-state index in [4.69, 9.17) is 16.6 Å². The molecule has 1 aromatic rings. The minimum absolute atomic E-state index is 0.203. The molecule has 1 unspecified atom stereocenters. The Morgan fingerprint density at radius 1 is 1.39 bits per heavy atom. The lowest BCUT2D eigenvalue weighted by Crippen LogP contribution is -2.40. The Hall–Kier alpha value is -0.190. The molecule has 1 aliphatic heterocycles. The van der Waals surface area contributed by atoms with Crippen LogP contribution >= 0.6 is 34.7 Å². The molecule has 0 radical (unpaired) electrons. The molecule has 1 N–H and O–H groups in total. The van der Waals surface area contributed by atoms with Crippen LogP contribution < -0.4 is 5.32 Å². The van der Waals surface area contributed by atoms with Gasteiger partial charge in [-0.15, -0.1) is 11.3 Å². The number of thiophene rings is 1. The Morgan fingerprint density at radius 2 is 2.17 bits per heavy atom. The number of hydrogen-bond acceptors (Lipinski definition) is 3. The summed E-state index contributed by atoms with van der Waals surface area (Å²) in [6.07, 6.45) is 5.32. The van der Waals surface area contributed by atoms with E-state index in [1.54, 1.807) is 11.3 Å². The molecule has 0 aromatic carbocycles. The Kier molecular flexibility index (Phi) is 3.61. The molecular weight excluding hydrogens is 284 g/mol. The molecule has 2 aliphatic rings. The summed E-state index contributed by atoms with van der Waals surface area (Å²) in [5.41, 5.74) is 0.357. The Balaban J connectivity index is 1.70. The van der Waals surface area contributed by atoms with Gasteiger partial charge in [0.15, 0.2) is 5.17 Å². The fourth-order valence-corrected chi connectivity index (χ4v) is 5.03. The normalized spacial score (nSPS) is 25.8. The van der Waals surface area contributed by atoms with E-state index < -0.39 is 0 Å². The summed E-state index contributed by atoms with van der Waals surface area (Å²) >= 11 is 9.47. The third-order valence-corrected chi connectivity index (χ3v) is 6.31. The standard InChI is InChI=1S/C13H17ClN2S2/c1-9(10-4-5-11(14)18-10)15-12-16-13(8-17-12)6-2-3-7-13/h4-5,9H,2-3,6-8H2,1H3,(H,15,16). The third kappa shape index (κ3) is 2.56. The van der Waals surface area contributed by atoms with Gasteiger partial charge in [0.2, 0.25) is 0 Å². The van der Waals surface area contributed by atoms with Crippen molar-refractivity contribution in [3.05, 3.63) is 21.3 Å². The molecule has 2 fully saturated rings. The van der Waals surface area contributed by atoms with Gasteiger partial charge in [-0.1, -0.05) is 36.2 Å².